The van der Waals surface area contributed by atoms with Crippen LogP contribution in [0.25, 0.3) is 21.9 Å². The molecule has 2 N–H and O–H groups in total. The summed E-state index contributed by atoms with van der Waals surface area (Å²) in [6.45, 7) is 5.31. The summed E-state index contributed by atoms with van der Waals surface area (Å²) < 4.78 is 19.6. The van der Waals surface area contributed by atoms with Crippen LogP contribution in [0.1, 0.15) is 41.4 Å². The van der Waals surface area contributed by atoms with Gasteiger partial charge >= 0.3 is 5.97 Å². The van der Waals surface area contributed by atoms with E-state index in [-0.39, 0.29) is 24.0 Å². The van der Waals surface area contributed by atoms with Gasteiger partial charge in [0.15, 0.2) is 0 Å². The second kappa shape index (κ2) is 11.1. The lowest BCUT2D eigenvalue weighted by molar-refractivity contribution is 0.0692. The first kappa shape index (κ1) is 25.2. The van der Waals surface area contributed by atoms with Gasteiger partial charge in [-0.1, -0.05) is 42.5 Å². The number of halogens is 2. The molecule has 4 rings (SSSR count). The Morgan fingerprint density at radius 3 is 2.59 bits per heavy atom. The van der Waals surface area contributed by atoms with E-state index in [1.807, 2.05) is 55.5 Å². The zero-order valence-corrected chi connectivity index (χ0v) is 19.9. The SMILES string of the molecule is CCOc1cccc(C(C)NCc2cc(-c3ccc(F)c(C(=O)O)c3)c3ccccc3c2)c1.Cl. The molecule has 0 aliphatic carbocycles. The van der Waals surface area contributed by atoms with Gasteiger partial charge in [-0.25, -0.2) is 9.18 Å². The lowest BCUT2D eigenvalue weighted by atomic mass is 9.94. The van der Waals surface area contributed by atoms with Crippen molar-refractivity contribution in [2.75, 3.05) is 6.61 Å². The third-order valence-electron chi connectivity index (χ3n) is 5.71. The number of carbonyl (C=O) groups is 1. The zero-order valence-electron chi connectivity index (χ0n) is 19.0. The molecule has 0 heterocycles. The molecule has 4 nitrogen and oxygen atoms in total. The van der Waals surface area contributed by atoms with Gasteiger partial charge < -0.3 is 15.2 Å². The van der Waals surface area contributed by atoms with Crippen LogP contribution in [-0.4, -0.2) is 17.7 Å². The number of fused-ring (bicyclic) bond motifs is 1. The van der Waals surface area contributed by atoms with Crippen molar-refractivity contribution in [3.63, 3.8) is 0 Å². The van der Waals surface area contributed by atoms with Crippen LogP contribution < -0.4 is 10.1 Å². The van der Waals surface area contributed by atoms with Crippen LogP contribution in [-0.2, 0) is 6.54 Å². The van der Waals surface area contributed by atoms with Gasteiger partial charge in [0.25, 0.3) is 0 Å². The number of rotatable bonds is 8. The molecule has 0 spiro atoms. The van der Waals surface area contributed by atoms with Crippen LogP contribution in [0.4, 0.5) is 4.39 Å². The van der Waals surface area contributed by atoms with E-state index in [0.29, 0.717) is 18.7 Å². The van der Waals surface area contributed by atoms with Gasteiger partial charge in [0.05, 0.1) is 12.2 Å². The molecule has 1 unspecified atom stereocenters. The fourth-order valence-electron chi connectivity index (χ4n) is 4.00. The van der Waals surface area contributed by atoms with Gasteiger partial charge in [-0.3, -0.25) is 0 Å². The van der Waals surface area contributed by atoms with Crippen molar-refractivity contribution in [2.24, 2.45) is 0 Å². The average molecular weight is 480 g/mol. The summed E-state index contributed by atoms with van der Waals surface area (Å²) >= 11 is 0. The van der Waals surface area contributed by atoms with E-state index in [1.165, 1.54) is 12.1 Å². The smallest absolute Gasteiger partial charge is 0.338 e. The van der Waals surface area contributed by atoms with E-state index in [9.17, 15) is 14.3 Å². The lowest BCUT2D eigenvalue weighted by Gasteiger charge is -2.17. The maximum absolute atomic E-state index is 14.0. The standard InChI is InChI=1S/C28H26FNO3.ClH/c1-3-33-23-9-6-8-20(15-23)18(2)30-17-19-13-21-7-4-5-10-24(21)25(14-19)22-11-12-27(29)26(16-22)28(31)32;/h4-16,18,30H,3,17H2,1-2H3,(H,31,32);1H. The quantitative estimate of drug-likeness (QED) is 0.285. The van der Waals surface area contributed by atoms with E-state index in [1.54, 1.807) is 6.07 Å². The molecule has 0 aromatic heterocycles. The van der Waals surface area contributed by atoms with Crippen molar-refractivity contribution >= 4 is 29.1 Å². The average Bonchev–Trinajstić information content (AvgIpc) is 2.82. The Morgan fingerprint density at radius 2 is 1.82 bits per heavy atom. The van der Waals surface area contributed by atoms with Crippen LogP contribution in [0.15, 0.2) is 78.9 Å². The molecule has 34 heavy (non-hydrogen) atoms. The van der Waals surface area contributed by atoms with E-state index in [4.69, 9.17) is 4.74 Å². The Bertz CT molecular complexity index is 1310. The molecule has 0 aliphatic heterocycles. The monoisotopic (exact) mass is 479 g/mol. The van der Waals surface area contributed by atoms with Gasteiger partial charge in [-0.15, -0.1) is 12.4 Å². The predicted octanol–water partition coefficient (Wildman–Crippen LogP) is 7.02. The Kier molecular flexibility index (Phi) is 8.26. The molecular weight excluding hydrogens is 453 g/mol. The highest BCUT2D eigenvalue weighted by molar-refractivity contribution is 5.99. The third kappa shape index (κ3) is 5.56. The molecular formula is C28H27ClFNO3. The maximum Gasteiger partial charge on any atom is 0.338 e. The van der Waals surface area contributed by atoms with E-state index in [0.717, 1.165) is 33.2 Å². The highest BCUT2D eigenvalue weighted by Crippen LogP contribution is 2.32. The summed E-state index contributed by atoms with van der Waals surface area (Å²) in [5.74, 6) is -1.17. The van der Waals surface area contributed by atoms with Gasteiger partial charge in [-0.2, -0.15) is 0 Å². The summed E-state index contributed by atoms with van der Waals surface area (Å²) in [6.07, 6.45) is 0. The number of carboxylic acid groups (broad SMARTS) is 1. The summed E-state index contributed by atoms with van der Waals surface area (Å²) in [7, 11) is 0. The number of hydrogen-bond acceptors (Lipinski definition) is 3. The summed E-state index contributed by atoms with van der Waals surface area (Å²) in [4.78, 5) is 11.5. The predicted molar refractivity (Wildman–Crippen MR) is 136 cm³/mol. The number of benzene rings is 4. The van der Waals surface area contributed by atoms with Gasteiger partial charge in [0, 0.05) is 12.6 Å². The molecule has 0 aliphatic rings. The Hall–Kier alpha value is -3.41. The van der Waals surface area contributed by atoms with Crippen molar-refractivity contribution in [2.45, 2.75) is 26.4 Å². The summed E-state index contributed by atoms with van der Waals surface area (Å²) in [5.41, 5.74) is 3.40. The number of ether oxygens (including phenoxy) is 1. The molecule has 1 atom stereocenters. The Balaban J connectivity index is 0.00000324. The second-order valence-electron chi connectivity index (χ2n) is 7.97. The molecule has 176 valence electrons. The second-order valence-corrected chi connectivity index (χ2v) is 7.97. The topological polar surface area (TPSA) is 58.6 Å². The number of hydrogen-bond donors (Lipinski definition) is 2. The lowest BCUT2D eigenvalue weighted by Crippen LogP contribution is -2.18. The first-order valence-electron chi connectivity index (χ1n) is 11.0. The zero-order chi connectivity index (χ0) is 23.4. The van der Waals surface area contributed by atoms with E-state index >= 15 is 0 Å². The van der Waals surface area contributed by atoms with E-state index in [2.05, 4.69) is 24.4 Å². The molecule has 0 fully saturated rings. The van der Waals surface area contributed by atoms with Crippen LogP contribution in [0.2, 0.25) is 0 Å². The number of aromatic carboxylic acids is 1. The maximum atomic E-state index is 14.0. The molecule has 0 saturated heterocycles. The minimum atomic E-state index is -1.28. The summed E-state index contributed by atoms with van der Waals surface area (Å²) in [5, 5.41) is 14.9. The van der Waals surface area contributed by atoms with Crippen LogP contribution in [0.3, 0.4) is 0 Å². The fourth-order valence-corrected chi connectivity index (χ4v) is 4.00. The number of carboxylic acids is 1. The van der Waals surface area contributed by atoms with Crippen molar-refractivity contribution in [3.8, 4) is 16.9 Å². The van der Waals surface area contributed by atoms with Crippen LogP contribution in [0.5, 0.6) is 5.75 Å². The molecule has 0 bridgehead atoms. The molecule has 0 amide bonds. The van der Waals surface area contributed by atoms with Crippen molar-refractivity contribution in [3.05, 3.63) is 101 Å². The van der Waals surface area contributed by atoms with Crippen molar-refractivity contribution in [1.29, 1.82) is 0 Å². The van der Waals surface area contributed by atoms with Gasteiger partial charge in [0.1, 0.15) is 11.6 Å². The largest absolute Gasteiger partial charge is 0.494 e. The van der Waals surface area contributed by atoms with E-state index < -0.39 is 11.8 Å². The molecule has 6 heteroatoms. The third-order valence-corrected chi connectivity index (χ3v) is 5.71. The molecule has 0 saturated carbocycles. The molecule has 0 radical (unpaired) electrons. The van der Waals surface area contributed by atoms with Crippen LogP contribution in [0, 0.1) is 5.82 Å². The first-order valence-corrected chi connectivity index (χ1v) is 11.0. The Labute approximate surface area is 204 Å². The molecule has 4 aromatic rings. The van der Waals surface area contributed by atoms with Gasteiger partial charge in [0.2, 0.25) is 0 Å². The first-order chi connectivity index (χ1) is 16.0. The highest BCUT2D eigenvalue weighted by atomic mass is 35.5. The normalized spacial score (nSPS) is 11.6. The fraction of sp³-hybridized carbons (Fsp3) is 0.179. The minimum absolute atomic E-state index is 0. The minimum Gasteiger partial charge on any atom is -0.494 e. The Morgan fingerprint density at radius 1 is 1.03 bits per heavy atom. The number of nitrogens with one attached hydrogen (secondary N) is 1. The molecule has 4 aromatic carbocycles. The van der Waals surface area contributed by atoms with Crippen molar-refractivity contribution < 1.29 is 19.0 Å². The van der Waals surface area contributed by atoms with Crippen LogP contribution >= 0.6 is 12.4 Å². The summed E-state index contributed by atoms with van der Waals surface area (Å²) in [6, 6.07) is 24.5. The van der Waals surface area contributed by atoms with Gasteiger partial charge in [-0.05, 0) is 83.3 Å². The highest BCUT2D eigenvalue weighted by Gasteiger charge is 2.14. The van der Waals surface area contributed by atoms with Crippen molar-refractivity contribution in [1.82, 2.24) is 5.32 Å².